The number of hydrogen-bond acceptors (Lipinski definition) is 3. The van der Waals surface area contributed by atoms with E-state index in [9.17, 15) is 9.59 Å². The topological polar surface area (TPSA) is 69.6 Å². The third-order valence-corrected chi connectivity index (χ3v) is 3.14. The van der Waals surface area contributed by atoms with Gasteiger partial charge in [0.05, 0.1) is 0 Å². The predicted octanol–water partition coefficient (Wildman–Crippen LogP) is 1.39. The molecular formula is C12H15BrN2O3. The normalized spacial score (nSPS) is 12.0. The fourth-order valence-corrected chi connectivity index (χ4v) is 1.96. The quantitative estimate of drug-likeness (QED) is 0.824. The molecule has 0 aromatic heterocycles. The molecule has 18 heavy (non-hydrogen) atoms. The van der Waals surface area contributed by atoms with E-state index in [4.69, 9.17) is 5.11 Å². The highest BCUT2D eigenvalue weighted by Gasteiger charge is 2.28. The first-order valence-electron chi connectivity index (χ1n) is 5.32. The molecule has 0 heterocycles. The molecule has 0 aliphatic rings. The van der Waals surface area contributed by atoms with Gasteiger partial charge in [-0.15, -0.1) is 0 Å². The smallest absolute Gasteiger partial charge is 0.330 e. The highest BCUT2D eigenvalue weighted by molar-refractivity contribution is 9.10. The summed E-state index contributed by atoms with van der Waals surface area (Å²) in [4.78, 5) is 24.3. The predicted molar refractivity (Wildman–Crippen MR) is 72.8 cm³/mol. The van der Waals surface area contributed by atoms with E-state index in [1.165, 1.54) is 11.9 Å². The van der Waals surface area contributed by atoms with Crippen LogP contribution in [-0.2, 0) is 9.59 Å². The summed E-state index contributed by atoms with van der Waals surface area (Å²) in [6.45, 7) is 1.86. The number of rotatable bonds is 4. The summed E-state index contributed by atoms with van der Waals surface area (Å²) in [5, 5.41) is 11.4. The number of nitrogens with one attached hydrogen (secondary N) is 1. The summed E-state index contributed by atoms with van der Waals surface area (Å²) in [5.41, 5.74) is 1.57. The van der Waals surface area contributed by atoms with Crippen molar-refractivity contribution in [3.63, 3.8) is 0 Å². The number of carboxylic acids is 1. The average Bonchev–Trinajstić information content (AvgIpc) is 2.31. The Bertz CT molecular complexity index is 476. The van der Waals surface area contributed by atoms with Crippen LogP contribution < -0.4 is 10.2 Å². The zero-order chi connectivity index (χ0) is 13.9. The van der Waals surface area contributed by atoms with Crippen molar-refractivity contribution >= 4 is 33.5 Å². The summed E-state index contributed by atoms with van der Waals surface area (Å²) in [6.07, 6.45) is 0. The lowest BCUT2D eigenvalue weighted by Crippen LogP contribution is -2.48. The van der Waals surface area contributed by atoms with E-state index < -0.39 is 17.9 Å². The highest BCUT2D eigenvalue weighted by atomic mass is 79.9. The van der Waals surface area contributed by atoms with Gasteiger partial charge in [-0.05, 0) is 31.7 Å². The zero-order valence-corrected chi connectivity index (χ0v) is 12.0. The lowest BCUT2D eigenvalue weighted by Gasteiger charge is -2.23. The van der Waals surface area contributed by atoms with E-state index in [1.54, 1.807) is 13.1 Å². The van der Waals surface area contributed by atoms with Crippen molar-refractivity contribution in [2.45, 2.75) is 13.0 Å². The van der Waals surface area contributed by atoms with Gasteiger partial charge in [0.25, 0.3) is 5.91 Å². The molecular weight excluding hydrogens is 300 g/mol. The molecule has 1 aromatic carbocycles. The molecule has 1 unspecified atom stereocenters. The van der Waals surface area contributed by atoms with E-state index in [2.05, 4.69) is 21.2 Å². The minimum absolute atomic E-state index is 0.508. The summed E-state index contributed by atoms with van der Waals surface area (Å²) < 4.78 is 0.832. The molecule has 1 atom stereocenters. The second kappa shape index (κ2) is 5.97. The first-order chi connectivity index (χ1) is 8.38. The molecule has 0 aliphatic carbocycles. The van der Waals surface area contributed by atoms with E-state index >= 15 is 0 Å². The van der Waals surface area contributed by atoms with Gasteiger partial charge in [-0.1, -0.05) is 22.0 Å². The van der Waals surface area contributed by atoms with Gasteiger partial charge in [-0.2, -0.15) is 0 Å². The summed E-state index contributed by atoms with van der Waals surface area (Å²) in [7, 11) is 3.00. The lowest BCUT2D eigenvalue weighted by molar-refractivity contribution is -0.143. The Morgan fingerprint density at radius 1 is 1.44 bits per heavy atom. The number of carbonyl (C=O) groups excluding carboxylic acids is 1. The third kappa shape index (κ3) is 3.08. The fourth-order valence-electron chi connectivity index (χ4n) is 1.61. The highest BCUT2D eigenvalue weighted by Crippen LogP contribution is 2.24. The maximum absolute atomic E-state index is 12.0. The van der Waals surface area contributed by atoms with Crippen molar-refractivity contribution < 1.29 is 14.7 Å². The average molecular weight is 315 g/mol. The number of benzene rings is 1. The van der Waals surface area contributed by atoms with Gasteiger partial charge >= 0.3 is 5.97 Å². The molecule has 1 amide bonds. The van der Waals surface area contributed by atoms with Crippen molar-refractivity contribution in [3.8, 4) is 0 Å². The number of aliphatic carboxylic acids is 1. The Labute approximate surface area is 114 Å². The van der Waals surface area contributed by atoms with Crippen molar-refractivity contribution in [1.29, 1.82) is 0 Å². The number of likely N-dealkylation sites (N-methyl/N-ethyl adjacent to an activating group) is 2. The molecule has 6 heteroatoms. The number of anilines is 1. The van der Waals surface area contributed by atoms with E-state index in [0.29, 0.717) is 5.69 Å². The summed E-state index contributed by atoms with van der Waals surface area (Å²) in [5.74, 6) is -1.70. The number of carboxylic acid groups (broad SMARTS) is 1. The Hall–Kier alpha value is -1.40. The molecule has 0 radical (unpaired) electrons. The standard InChI is InChI=1S/C12H15BrN2O3/c1-7-4-5-8(13)6-9(7)15(3)11(16)10(14-2)12(17)18/h4-6,10,14H,1-3H3,(H,17,18). The van der Waals surface area contributed by atoms with E-state index in [1.807, 2.05) is 19.1 Å². The minimum Gasteiger partial charge on any atom is -0.480 e. The van der Waals surface area contributed by atoms with Gasteiger partial charge in [0, 0.05) is 17.2 Å². The molecule has 0 spiro atoms. The lowest BCUT2D eigenvalue weighted by atomic mass is 10.1. The number of halogens is 1. The molecule has 0 saturated heterocycles. The van der Waals surface area contributed by atoms with Crippen LogP contribution in [0.15, 0.2) is 22.7 Å². The van der Waals surface area contributed by atoms with Crippen molar-refractivity contribution in [1.82, 2.24) is 5.32 Å². The van der Waals surface area contributed by atoms with Crippen LogP contribution in [0, 0.1) is 6.92 Å². The molecule has 0 aliphatic heterocycles. The van der Waals surface area contributed by atoms with Crippen LogP contribution in [0.3, 0.4) is 0 Å². The van der Waals surface area contributed by atoms with Crippen molar-refractivity contribution in [3.05, 3.63) is 28.2 Å². The summed E-state index contributed by atoms with van der Waals surface area (Å²) >= 11 is 3.33. The molecule has 1 rings (SSSR count). The first kappa shape index (κ1) is 14.7. The number of nitrogens with zero attached hydrogens (tertiary/aromatic N) is 1. The van der Waals surface area contributed by atoms with Gasteiger partial charge in [-0.3, -0.25) is 10.1 Å². The second-order valence-electron chi connectivity index (χ2n) is 3.89. The second-order valence-corrected chi connectivity index (χ2v) is 4.80. The Morgan fingerprint density at radius 2 is 2.06 bits per heavy atom. The zero-order valence-electron chi connectivity index (χ0n) is 10.4. The number of aryl methyl sites for hydroxylation is 1. The molecule has 0 bridgehead atoms. The van der Waals surface area contributed by atoms with Crippen LogP contribution in [0.4, 0.5) is 5.69 Å². The molecule has 98 valence electrons. The number of amides is 1. The van der Waals surface area contributed by atoms with Gasteiger partial charge in [0.1, 0.15) is 0 Å². The Balaban J connectivity index is 3.06. The fraction of sp³-hybridized carbons (Fsp3) is 0.333. The molecule has 2 N–H and O–H groups in total. The number of hydrogen-bond donors (Lipinski definition) is 2. The monoisotopic (exact) mass is 314 g/mol. The summed E-state index contributed by atoms with van der Waals surface area (Å²) in [6, 6.07) is 4.26. The maximum Gasteiger partial charge on any atom is 0.330 e. The third-order valence-electron chi connectivity index (χ3n) is 2.65. The molecule has 0 fully saturated rings. The molecule has 1 aromatic rings. The van der Waals surface area contributed by atoms with Crippen LogP contribution in [0.2, 0.25) is 0 Å². The van der Waals surface area contributed by atoms with Crippen LogP contribution >= 0.6 is 15.9 Å². The van der Waals surface area contributed by atoms with Crippen molar-refractivity contribution in [2.75, 3.05) is 19.0 Å². The SMILES string of the molecule is CNC(C(=O)O)C(=O)N(C)c1cc(Br)ccc1C. The van der Waals surface area contributed by atoms with Crippen LogP contribution in [0.1, 0.15) is 5.56 Å². The van der Waals surface area contributed by atoms with Crippen molar-refractivity contribution in [2.24, 2.45) is 0 Å². The van der Waals surface area contributed by atoms with Gasteiger partial charge in [0.2, 0.25) is 0 Å². The molecule has 0 saturated carbocycles. The maximum atomic E-state index is 12.0. The van der Waals surface area contributed by atoms with Crippen LogP contribution in [0.5, 0.6) is 0 Å². The first-order valence-corrected chi connectivity index (χ1v) is 6.11. The Morgan fingerprint density at radius 3 is 2.56 bits per heavy atom. The van der Waals surface area contributed by atoms with E-state index in [-0.39, 0.29) is 0 Å². The number of carbonyl (C=O) groups is 2. The van der Waals surface area contributed by atoms with Gasteiger partial charge in [0.15, 0.2) is 6.04 Å². The largest absolute Gasteiger partial charge is 0.480 e. The van der Waals surface area contributed by atoms with Crippen LogP contribution in [0.25, 0.3) is 0 Å². The Kier molecular flexibility index (Phi) is 4.86. The van der Waals surface area contributed by atoms with E-state index in [0.717, 1.165) is 10.0 Å². The van der Waals surface area contributed by atoms with Gasteiger partial charge < -0.3 is 10.0 Å². The van der Waals surface area contributed by atoms with Gasteiger partial charge in [-0.25, -0.2) is 4.79 Å². The minimum atomic E-state index is -1.24. The van der Waals surface area contributed by atoms with Crippen LogP contribution in [-0.4, -0.2) is 37.1 Å². The molecule has 5 nitrogen and oxygen atoms in total.